The first-order valence-corrected chi connectivity index (χ1v) is 10.9. The summed E-state index contributed by atoms with van der Waals surface area (Å²) < 4.78 is 13.2. The van der Waals surface area contributed by atoms with Gasteiger partial charge in [0.05, 0.1) is 19.5 Å². The molecule has 0 atom stereocenters. The lowest BCUT2D eigenvalue weighted by Gasteiger charge is -2.12. The van der Waals surface area contributed by atoms with Crippen LogP contribution in [-0.2, 0) is 4.79 Å². The molecule has 0 fully saturated rings. The van der Waals surface area contributed by atoms with Crippen LogP contribution in [0, 0.1) is 6.92 Å². The van der Waals surface area contributed by atoms with E-state index in [4.69, 9.17) is 14.5 Å². The predicted molar refractivity (Wildman–Crippen MR) is 134 cm³/mol. The molecule has 3 aromatic heterocycles. The molecular weight excluding hydrogens is 458 g/mol. The molecule has 0 saturated heterocycles. The summed E-state index contributed by atoms with van der Waals surface area (Å²) in [6.07, 6.45) is 6.04. The van der Waals surface area contributed by atoms with Gasteiger partial charge in [-0.1, -0.05) is 18.7 Å². The van der Waals surface area contributed by atoms with Gasteiger partial charge in [0.2, 0.25) is 5.91 Å². The van der Waals surface area contributed by atoms with Crippen molar-refractivity contribution in [1.29, 1.82) is 0 Å². The second kappa shape index (κ2) is 9.63. The van der Waals surface area contributed by atoms with Gasteiger partial charge in [0, 0.05) is 28.7 Å². The van der Waals surface area contributed by atoms with Gasteiger partial charge in [-0.15, -0.1) is 0 Å². The van der Waals surface area contributed by atoms with Gasteiger partial charge in [0.25, 0.3) is 5.78 Å². The zero-order chi connectivity index (χ0) is 25.1. The number of fused-ring (bicyclic) bond motifs is 1. The lowest BCUT2D eigenvalue weighted by molar-refractivity contribution is -0.111. The third-order valence-electron chi connectivity index (χ3n) is 5.30. The molecule has 1 amide bonds. The molecule has 0 aliphatic rings. The van der Waals surface area contributed by atoms with E-state index < -0.39 is 0 Å². The minimum absolute atomic E-state index is 0.228. The molecule has 0 spiro atoms. The molecule has 2 aromatic carbocycles. The van der Waals surface area contributed by atoms with Gasteiger partial charge in [0.1, 0.15) is 11.4 Å². The Balaban J connectivity index is 1.57. The Morgan fingerprint density at radius 1 is 0.972 bits per heavy atom. The first kappa shape index (κ1) is 22.7. The van der Waals surface area contributed by atoms with Crippen LogP contribution in [0.25, 0.3) is 28.3 Å². The van der Waals surface area contributed by atoms with Gasteiger partial charge >= 0.3 is 6.01 Å². The molecule has 10 nitrogen and oxygen atoms in total. The van der Waals surface area contributed by atoms with Crippen molar-refractivity contribution in [3.63, 3.8) is 0 Å². The highest BCUT2D eigenvalue weighted by Crippen LogP contribution is 2.38. The van der Waals surface area contributed by atoms with E-state index in [1.807, 2.05) is 31.2 Å². The molecule has 5 rings (SSSR count). The molecule has 3 heterocycles. The molecule has 0 unspecified atom stereocenters. The highest BCUT2D eigenvalue weighted by atomic mass is 16.5. The summed E-state index contributed by atoms with van der Waals surface area (Å²) in [6.45, 7) is 5.34. The van der Waals surface area contributed by atoms with Crippen LogP contribution in [0.2, 0.25) is 0 Å². The van der Waals surface area contributed by atoms with Crippen molar-refractivity contribution >= 4 is 17.4 Å². The summed E-state index contributed by atoms with van der Waals surface area (Å²) >= 11 is 0. The summed E-state index contributed by atoms with van der Waals surface area (Å²) in [7, 11) is 1.56. The van der Waals surface area contributed by atoms with E-state index in [1.54, 1.807) is 54.5 Å². The van der Waals surface area contributed by atoms with E-state index in [-0.39, 0.29) is 11.9 Å². The Hall–Kier alpha value is -5.12. The zero-order valence-electron chi connectivity index (χ0n) is 19.5. The average molecular weight is 480 g/mol. The summed E-state index contributed by atoms with van der Waals surface area (Å²) in [5.74, 6) is 1.12. The van der Waals surface area contributed by atoms with Crippen LogP contribution < -0.4 is 14.8 Å². The number of rotatable bonds is 7. The SMILES string of the molecule is C=CC(=O)Nc1ccc(-c2nc3nccnn3c2-c2ccc(Oc3nccc(C)n3)c(OC)c2)cc1. The third kappa shape index (κ3) is 4.47. The van der Waals surface area contributed by atoms with E-state index in [0.717, 1.165) is 22.5 Å². The largest absolute Gasteiger partial charge is 0.493 e. The van der Waals surface area contributed by atoms with Gasteiger partial charge in [-0.3, -0.25) is 4.79 Å². The highest BCUT2D eigenvalue weighted by Gasteiger charge is 2.20. The number of carbonyl (C=O) groups excluding carboxylic acids is 1. The average Bonchev–Trinajstić information content (AvgIpc) is 3.29. The van der Waals surface area contributed by atoms with Crippen LogP contribution in [0.5, 0.6) is 17.5 Å². The number of nitrogens with one attached hydrogen (secondary N) is 1. The Labute approximate surface area is 206 Å². The molecule has 36 heavy (non-hydrogen) atoms. The first-order chi connectivity index (χ1) is 17.6. The number of hydrogen-bond donors (Lipinski definition) is 1. The van der Waals surface area contributed by atoms with E-state index in [0.29, 0.717) is 28.7 Å². The van der Waals surface area contributed by atoms with Gasteiger partial charge in [-0.25, -0.2) is 19.9 Å². The van der Waals surface area contributed by atoms with Gasteiger partial charge in [-0.05, 0) is 49.4 Å². The normalized spacial score (nSPS) is 10.7. The summed E-state index contributed by atoms with van der Waals surface area (Å²) in [5, 5.41) is 7.20. The number of imidazole rings is 1. The number of amides is 1. The Morgan fingerprint density at radius 3 is 2.53 bits per heavy atom. The third-order valence-corrected chi connectivity index (χ3v) is 5.30. The first-order valence-electron chi connectivity index (χ1n) is 10.9. The number of aromatic nitrogens is 6. The fraction of sp³-hybridized carbons (Fsp3) is 0.0769. The van der Waals surface area contributed by atoms with Crippen molar-refractivity contribution in [2.45, 2.75) is 6.92 Å². The Kier molecular flexibility index (Phi) is 6.06. The number of aryl methyl sites for hydroxylation is 1. The van der Waals surface area contributed by atoms with Crippen LogP contribution in [0.3, 0.4) is 0 Å². The Bertz CT molecular complexity index is 1580. The molecular formula is C26H21N7O3. The number of anilines is 1. The lowest BCUT2D eigenvalue weighted by atomic mass is 10.0. The number of hydrogen-bond acceptors (Lipinski definition) is 8. The molecule has 5 aromatic rings. The zero-order valence-corrected chi connectivity index (χ0v) is 19.5. The monoisotopic (exact) mass is 479 g/mol. The molecule has 178 valence electrons. The maximum absolute atomic E-state index is 11.6. The van der Waals surface area contributed by atoms with Crippen molar-refractivity contribution in [2.24, 2.45) is 0 Å². The van der Waals surface area contributed by atoms with Crippen LogP contribution in [0.15, 0.2) is 79.8 Å². The van der Waals surface area contributed by atoms with E-state index >= 15 is 0 Å². The molecule has 0 radical (unpaired) electrons. The minimum Gasteiger partial charge on any atom is -0.493 e. The van der Waals surface area contributed by atoms with Crippen LogP contribution in [0.1, 0.15) is 5.69 Å². The maximum Gasteiger partial charge on any atom is 0.322 e. The standard InChI is InChI=1S/C26H21N7O3/c1-4-22(34)31-19-8-5-17(6-9-19)23-24(33-25(32-23)27-13-14-29-33)18-7-10-20(21(15-18)35-3)36-26-28-12-11-16(2)30-26/h4-15H,1H2,2-3H3,(H,31,34). The second-order valence-corrected chi connectivity index (χ2v) is 7.68. The second-order valence-electron chi connectivity index (χ2n) is 7.68. The lowest BCUT2D eigenvalue weighted by Crippen LogP contribution is -2.06. The molecule has 0 saturated carbocycles. The molecule has 10 heteroatoms. The minimum atomic E-state index is -0.282. The maximum atomic E-state index is 11.6. The topological polar surface area (TPSA) is 116 Å². The highest BCUT2D eigenvalue weighted by molar-refractivity contribution is 5.99. The van der Waals surface area contributed by atoms with Crippen molar-refractivity contribution in [3.8, 4) is 40.0 Å². The predicted octanol–water partition coefficient (Wildman–Crippen LogP) is 4.48. The molecule has 0 aliphatic heterocycles. The Morgan fingerprint density at radius 2 is 1.78 bits per heavy atom. The van der Waals surface area contributed by atoms with Gasteiger partial charge < -0.3 is 14.8 Å². The van der Waals surface area contributed by atoms with Gasteiger partial charge in [0.15, 0.2) is 11.5 Å². The van der Waals surface area contributed by atoms with Crippen LogP contribution in [0.4, 0.5) is 5.69 Å². The number of methoxy groups -OCH3 is 1. The van der Waals surface area contributed by atoms with E-state index in [2.05, 4.69) is 31.9 Å². The number of nitrogens with zero attached hydrogens (tertiary/aromatic N) is 6. The molecule has 0 aliphatic carbocycles. The van der Waals surface area contributed by atoms with Gasteiger partial charge in [-0.2, -0.15) is 9.61 Å². The number of benzene rings is 2. The molecule has 0 bridgehead atoms. The van der Waals surface area contributed by atoms with Crippen molar-refractivity contribution in [1.82, 2.24) is 29.5 Å². The van der Waals surface area contributed by atoms with Crippen molar-refractivity contribution in [2.75, 3.05) is 12.4 Å². The van der Waals surface area contributed by atoms with Crippen molar-refractivity contribution < 1.29 is 14.3 Å². The quantitative estimate of drug-likeness (QED) is 0.340. The fourth-order valence-electron chi connectivity index (χ4n) is 3.63. The smallest absolute Gasteiger partial charge is 0.322 e. The van der Waals surface area contributed by atoms with Crippen LogP contribution in [-0.4, -0.2) is 42.6 Å². The summed E-state index contributed by atoms with van der Waals surface area (Å²) in [6, 6.07) is 14.9. The number of carbonyl (C=O) groups is 1. The molecule has 1 N–H and O–H groups in total. The van der Waals surface area contributed by atoms with E-state index in [9.17, 15) is 4.79 Å². The fourth-order valence-corrected chi connectivity index (χ4v) is 3.63. The number of ether oxygens (including phenoxy) is 2. The summed E-state index contributed by atoms with van der Waals surface area (Å²) in [4.78, 5) is 29.1. The summed E-state index contributed by atoms with van der Waals surface area (Å²) in [5.41, 5.74) is 4.43. The van der Waals surface area contributed by atoms with E-state index in [1.165, 1.54) is 6.08 Å². The van der Waals surface area contributed by atoms with Crippen molar-refractivity contribution in [3.05, 3.63) is 85.5 Å². The van der Waals surface area contributed by atoms with Crippen LogP contribution >= 0.6 is 0 Å².